The van der Waals surface area contributed by atoms with Gasteiger partial charge in [0, 0.05) is 30.2 Å². The molecule has 16 heteroatoms. The van der Waals surface area contributed by atoms with E-state index in [9.17, 15) is 28.8 Å². The first-order valence-electron chi connectivity index (χ1n) is 24.2. The van der Waals surface area contributed by atoms with E-state index in [4.69, 9.17) is 9.47 Å². The number of likely N-dealkylation sites (tertiary alicyclic amines) is 2. The van der Waals surface area contributed by atoms with Crippen molar-refractivity contribution in [2.24, 2.45) is 11.8 Å². The van der Waals surface area contributed by atoms with Crippen molar-refractivity contribution in [3.8, 4) is 0 Å². The molecule has 6 atom stereocenters. The predicted octanol–water partition coefficient (Wildman–Crippen LogP) is 8.11. The quantitative estimate of drug-likeness (QED) is 0.116. The van der Waals surface area contributed by atoms with E-state index < -0.39 is 44.4 Å². The maximum Gasteiger partial charge on any atom is 0.407 e. The number of nitrogens with zero attached hydrogens (tertiary/aromatic N) is 3. The summed E-state index contributed by atoms with van der Waals surface area (Å²) >= 11 is 0. The maximum absolute atomic E-state index is 13.7. The van der Waals surface area contributed by atoms with Crippen LogP contribution in [0.4, 0.5) is 26.7 Å². The zero-order valence-corrected chi connectivity index (χ0v) is 42.8. The van der Waals surface area contributed by atoms with Crippen molar-refractivity contribution < 1.29 is 38.2 Å². The van der Waals surface area contributed by atoms with Gasteiger partial charge >= 0.3 is 12.2 Å². The minimum atomic E-state index is -1.80. The summed E-state index contributed by atoms with van der Waals surface area (Å²) in [7, 11) is 0.710. The van der Waals surface area contributed by atoms with Crippen LogP contribution in [0.5, 0.6) is 0 Å². The number of carbonyl (C=O) groups excluding carboxylic acids is 6. The summed E-state index contributed by atoms with van der Waals surface area (Å²) in [5.41, 5.74) is 4.57. The van der Waals surface area contributed by atoms with Crippen molar-refractivity contribution in [1.29, 1.82) is 0 Å². The highest BCUT2D eigenvalue weighted by atomic mass is 28.3. The summed E-state index contributed by atoms with van der Waals surface area (Å²) in [4.78, 5) is 84.4. The number of methoxy groups -OCH3 is 2. The van der Waals surface area contributed by atoms with Gasteiger partial charge in [-0.15, -0.1) is 13.1 Å². The average Bonchev–Trinajstić information content (AvgIpc) is 4.11. The molecular formula is C52H73N7O8Si-. The second-order valence-electron chi connectivity index (χ2n) is 20.8. The number of rotatable bonds is 14. The van der Waals surface area contributed by atoms with E-state index in [2.05, 4.69) is 109 Å². The molecule has 0 aliphatic carbocycles. The van der Waals surface area contributed by atoms with Crippen molar-refractivity contribution in [2.75, 3.05) is 42.8 Å². The van der Waals surface area contributed by atoms with Gasteiger partial charge in [-0.05, 0) is 97.9 Å². The highest BCUT2D eigenvalue weighted by molar-refractivity contribution is 6.92. The summed E-state index contributed by atoms with van der Waals surface area (Å²) in [6.45, 7) is 20.0. The maximum atomic E-state index is 13.7. The molecule has 3 heterocycles. The molecule has 6 amide bonds. The standard InChI is InChI=1S/C52H73N7O8Si/c1-32(2)44(55-50(64)66-8)48(62)57-30-12-14-42(57)46(60)53-36-20-16-34(17-21-36)40-28-29-41(59(40)38-24-26-39(27-25-38)68(10,11)52(5,6)7)35-18-22-37(23-19-35)54-47(61)43-15-13-31-58(43)49(63)45(33(3)4)56-51(65)67-9/h16-27,32-33,40-45H,12-15,28-31H2,1-11H3,(H,53,60)(H,54,61)(H,55,64)(H,56,65)/q-1/t40-,41+,42-,43-,44-,45-/m0/s1. The molecule has 0 radical (unpaired) electrons. The van der Waals surface area contributed by atoms with Gasteiger partial charge in [0.25, 0.3) is 0 Å². The van der Waals surface area contributed by atoms with Crippen LogP contribution < -0.4 is 31.4 Å². The fourth-order valence-corrected chi connectivity index (χ4v) is 11.6. The normalized spacial score (nSPS) is 20.5. The van der Waals surface area contributed by atoms with Gasteiger partial charge in [0.2, 0.25) is 23.6 Å². The zero-order chi connectivity index (χ0) is 49.7. The SMILES string of the molecule is COC(=O)N[C@H](C(=O)N1CCC[C@H]1C(=O)Nc1ccc([C@H]2CC[C@@H](c3ccc(NC(=O)[C@@H]4CCCN4C(=O)[C@@H](NC(=O)OC)C(C)C)cc3)N2c2ccc([Si-](C)(C)C(C)(C)C)cc2)cc1)C(C)C. The molecule has 3 saturated heterocycles. The second-order valence-corrected chi connectivity index (χ2v) is 26.1. The Labute approximate surface area is 403 Å². The van der Waals surface area contributed by atoms with Crippen LogP contribution in [0.3, 0.4) is 0 Å². The number of carbonyl (C=O) groups is 6. The molecule has 3 aliphatic heterocycles. The first-order chi connectivity index (χ1) is 32.2. The summed E-state index contributed by atoms with van der Waals surface area (Å²) in [5, 5.41) is 13.0. The van der Waals surface area contributed by atoms with Gasteiger partial charge in [-0.1, -0.05) is 84.9 Å². The van der Waals surface area contributed by atoms with Crippen molar-refractivity contribution >= 4 is 66.1 Å². The Morgan fingerprint density at radius 2 is 0.971 bits per heavy atom. The van der Waals surface area contributed by atoms with Crippen molar-refractivity contribution in [3.05, 3.63) is 83.9 Å². The van der Waals surface area contributed by atoms with Crippen molar-refractivity contribution in [1.82, 2.24) is 20.4 Å². The van der Waals surface area contributed by atoms with E-state index in [0.29, 0.717) is 50.1 Å². The lowest BCUT2D eigenvalue weighted by atomic mass is 10.0. The predicted molar refractivity (Wildman–Crippen MR) is 268 cm³/mol. The molecule has 3 aromatic rings. The number of ether oxygens (including phenoxy) is 2. The molecule has 0 aromatic heterocycles. The number of hydrogen-bond acceptors (Lipinski definition) is 9. The molecule has 369 valence electrons. The van der Waals surface area contributed by atoms with Crippen molar-refractivity contribution in [2.45, 2.75) is 141 Å². The fraction of sp³-hybridized carbons (Fsp3) is 0.538. The lowest BCUT2D eigenvalue weighted by Gasteiger charge is -2.49. The molecule has 3 aliphatic rings. The third-order valence-electron chi connectivity index (χ3n) is 14.7. The molecule has 0 unspecified atom stereocenters. The Hall–Kier alpha value is -5.90. The van der Waals surface area contributed by atoms with Crippen LogP contribution in [0.2, 0.25) is 18.1 Å². The largest absolute Gasteiger partial charge is 0.453 e. The third-order valence-corrected chi connectivity index (χ3v) is 20.3. The van der Waals surface area contributed by atoms with Gasteiger partial charge in [-0.25, -0.2) is 9.59 Å². The number of amides is 6. The first-order valence-corrected chi connectivity index (χ1v) is 27.2. The van der Waals surface area contributed by atoms with Crippen LogP contribution in [0.25, 0.3) is 0 Å². The van der Waals surface area contributed by atoms with Gasteiger partial charge in [0.1, 0.15) is 24.2 Å². The molecular weight excluding hydrogens is 879 g/mol. The van der Waals surface area contributed by atoms with Crippen LogP contribution in [0.1, 0.15) is 110 Å². The van der Waals surface area contributed by atoms with Gasteiger partial charge in [-0.2, -0.15) is 18.3 Å². The zero-order valence-electron chi connectivity index (χ0n) is 41.8. The highest BCUT2D eigenvalue weighted by Crippen LogP contribution is 2.47. The topological polar surface area (TPSA) is 179 Å². The van der Waals surface area contributed by atoms with Crippen molar-refractivity contribution in [3.63, 3.8) is 0 Å². The molecule has 0 saturated carbocycles. The molecule has 4 N–H and O–H groups in total. The van der Waals surface area contributed by atoms with E-state index in [1.165, 1.54) is 19.4 Å². The Morgan fingerprint density at radius 3 is 1.31 bits per heavy atom. The van der Waals surface area contributed by atoms with Gasteiger partial charge in [0.15, 0.2) is 0 Å². The number of alkyl carbamates (subject to hydrolysis) is 2. The van der Waals surface area contributed by atoms with E-state index in [1.807, 2.05) is 52.0 Å². The Morgan fingerprint density at radius 1 is 0.588 bits per heavy atom. The summed E-state index contributed by atoms with van der Waals surface area (Å²) in [6, 6.07) is 22.1. The van der Waals surface area contributed by atoms with Crippen LogP contribution in [0, 0.1) is 11.8 Å². The first kappa shape index (κ1) is 51.5. The summed E-state index contributed by atoms with van der Waals surface area (Å²) in [6.07, 6.45) is 2.78. The highest BCUT2D eigenvalue weighted by Gasteiger charge is 2.41. The molecule has 6 rings (SSSR count). The molecule has 15 nitrogen and oxygen atoms in total. The van der Waals surface area contributed by atoms with E-state index in [1.54, 1.807) is 9.80 Å². The van der Waals surface area contributed by atoms with Gasteiger partial charge < -0.3 is 45.4 Å². The van der Waals surface area contributed by atoms with Gasteiger partial charge in [0.05, 0.1) is 26.3 Å². The van der Waals surface area contributed by atoms with Crippen LogP contribution in [-0.2, 0) is 28.7 Å². The molecule has 3 aromatic carbocycles. The summed E-state index contributed by atoms with van der Waals surface area (Å²) in [5.74, 6) is -1.55. The van der Waals surface area contributed by atoms with Crippen LogP contribution in [0.15, 0.2) is 72.8 Å². The van der Waals surface area contributed by atoms with Gasteiger partial charge in [-0.3, -0.25) is 19.2 Å². The smallest absolute Gasteiger partial charge is 0.407 e. The van der Waals surface area contributed by atoms with E-state index in [0.717, 1.165) is 29.7 Å². The van der Waals surface area contributed by atoms with E-state index >= 15 is 0 Å². The number of anilines is 3. The average molecular weight is 952 g/mol. The number of benzene rings is 3. The molecule has 68 heavy (non-hydrogen) atoms. The Balaban J connectivity index is 1.20. The monoisotopic (exact) mass is 952 g/mol. The number of hydrogen-bond donors (Lipinski definition) is 4. The molecule has 0 bridgehead atoms. The second kappa shape index (κ2) is 21.6. The molecule has 3 fully saturated rings. The van der Waals surface area contributed by atoms with E-state index in [-0.39, 0.29) is 52.6 Å². The minimum Gasteiger partial charge on any atom is -0.453 e. The van der Waals surface area contributed by atoms with Crippen LogP contribution in [-0.4, -0.2) is 105 Å². The third kappa shape index (κ3) is 11.3. The Kier molecular flexibility index (Phi) is 16.3. The lowest BCUT2D eigenvalue weighted by molar-refractivity contribution is -0.139. The minimum absolute atomic E-state index is 0.0234. The lowest BCUT2D eigenvalue weighted by Crippen LogP contribution is -2.54. The number of nitrogens with one attached hydrogen (secondary N) is 4. The fourth-order valence-electron chi connectivity index (χ4n) is 9.70. The summed E-state index contributed by atoms with van der Waals surface area (Å²) < 4.78 is 9.51. The van der Waals surface area contributed by atoms with Crippen LogP contribution >= 0.6 is 0 Å². The molecule has 0 spiro atoms. The Bertz CT molecular complexity index is 2150.